The van der Waals surface area contributed by atoms with Crippen LogP contribution in [0.1, 0.15) is 40.5 Å². The average molecular weight is 496 g/mol. The Morgan fingerprint density at radius 2 is 1.91 bits per heavy atom. The maximum Gasteiger partial charge on any atom is 0.410 e. The standard InChI is InChI=1S/C24H41N3O6Si/c1-10-11-32-23(31)27-14-16(12-18(27)22(30)26(6)7)19(28)13-17-20(21(29)25-17)15(2)33-34(8,9)24(3,4)5/h10,15-18,20H,1,11-14H2,2-9H3,(H,25,29)/t15-,16?,17-,18+,20-/m1/s1. The normalized spacial score (nSPS) is 25.8. The van der Waals surface area contributed by atoms with Crippen LogP contribution < -0.4 is 5.32 Å². The van der Waals surface area contributed by atoms with E-state index in [1.54, 1.807) is 14.1 Å². The van der Waals surface area contributed by atoms with Gasteiger partial charge < -0.3 is 19.4 Å². The highest BCUT2D eigenvalue weighted by Crippen LogP contribution is 2.39. The number of ether oxygens (including phenoxy) is 1. The van der Waals surface area contributed by atoms with Crippen molar-refractivity contribution in [1.82, 2.24) is 15.1 Å². The molecule has 0 aromatic heterocycles. The van der Waals surface area contributed by atoms with E-state index < -0.39 is 32.3 Å². The number of β-lactam (4-membered cyclic amide) rings is 1. The molecule has 2 rings (SSSR count). The van der Waals surface area contributed by atoms with Crippen LogP contribution in [0.2, 0.25) is 18.1 Å². The van der Waals surface area contributed by atoms with E-state index in [0.29, 0.717) is 0 Å². The number of amides is 3. The SMILES string of the molecule is C=CCOC(=O)N1CC(C(=O)C[C@H]2NC(=O)[C@@H]2[C@@H](C)O[Si](C)(C)C(C)(C)C)C[C@H]1C(=O)N(C)C. The number of rotatable bonds is 9. The van der Waals surface area contributed by atoms with Gasteiger partial charge in [-0.2, -0.15) is 0 Å². The van der Waals surface area contributed by atoms with E-state index in [1.807, 2.05) is 6.92 Å². The number of likely N-dealkylation sites (tertiary alicyclic amines) is 1. The molecule has 9 nitrogen and oxygen atoms in total. The summed E-state index contributed by atoms with van der Waals surface area (Å²) in [5, 5.41) is 2.86. The molecule has 0 bridgehead atoms. The van der Waals surface area contributed by atoms with Crippen molar-refractivity contribution >= 4 is 32.0 Å². The van der Waals surface area contributed by atoms with Crippen LogP contribution in [-0.4, -0.2) is 87.2 Å². The van der Waals surface area contributed by atoms with Gasteiger partial charge in [-0.05, 0) is 31.5 Å². The molecule has 2 aliphatic heterocycles. The topological polar surface area (TPSA) is 105 Å². The van der Waals surface area contributed by atoms with Crippen LogP contribution in [0.4, 0.5) is 4.79 Å². The van der Waals surface area contributed by atoms with Crippen molar-refractivity contribution in [3.8, 4) is 0 Å². The van der Waals surface area contributed by atoms with Gasteiger partial charge in [0.15, 0.2) is 8.32 Å². The van der Waals surface area contributed by atoms with Crippen LogP contribution in [0.3, 0.4) is 0 Å². The van der Waals surface area contributed by atoms with Gasteiger partial charge in [0.2, 0.25) is 11.8 Å². The molecule has 192 valence electrons. The fourth-order valence-corrected chi connectivity index (χ4v) is 5.72. The fraction of sp³-hybridized carbons (Fsp3) is 0.750. The summed E-state index contributed by atoms with van der Waals surface area (Å²) in [5.41, 5.74) is 0. The summed E-state index contributed by atoms with van der Waals surface area (Å²) in [4.78, 5) is 53.5. The summed E-state index contributed by atoms with van der Waals surface area (Å²) < 4.78 is 11.5. The number of ketones is 1. The van der Waals surface area contributed by atoms with Gasteiger partial charge in [-0.3, -0.25) is 19.3 Å². The number of nitrogens with zero attached hydrogens (tertiary/aromatic N) is 2. The predicted molar refractivity (Wildman–Crippen MR) is 132 cm³/mol. The van der Waals surface area contributed by atoms with Crippen molar-refractivity contribution < 1.29 is 28.3 Å². The van der Waals surface area contributed by atoms with Crippen LogP contribution in [0.25, 0.3) is 0 Å². The molecule has 2 aliphatic rings. The van der Waals surface area contributed by atoms with Crippen molar-refractivity contribution in [3.05, 3.63) is 12.7 Å². The molecule has 0 aromatic rings. The molecule has 0 radical (unpaired) electrons. The van der Waals surface area contributed by atoms with Gasteiger partial charge in [-0.15, -0.1) is 0 Å². The Labute approximate surface area is 204 Å². The predicted octanol–water partition coefficient (Wildman–Crippen LogP) is 2.57. The van der Waals surface area contributed by atoms with E-state index in [0.717, 1.165) is 0 Å². The molecule has 0 saturated carbocycles. The number of carbonyl (C=O) groups is 4. The number of nitrogens with one attached hydrogen (secondary N) is 1. The van der Waals surface area contributed by atoms with Gasteiger partial charge in [0.1, 0.15) is 18.4 Å². The molecule has 0 aromatic carbocycles. The lowest BCUT2D eigenvalue weighted by Crippen LogP contribution is -2.64. The highest BCUT2D eigenvalue weighted by atomic mass is 28.4. The second kappa shape index (κ2) is 10.6. The van der Waals surface area contributed by atoms with E-state index in [2.05, 4.69) is 45.8 Å². The number of hydrogen-bond acceptors (Lipinski definition) is 6. The Kier molecular flexibility index (Phi) is 8.74. The maximum absolute atomic E-state index is 13.2. The summed E-state index contributed by atoms with van der Waals surface area (Å²) in [6.07, 6.45) is 0.891. The molecule has 0 aliphatic carbocycles. The minimum absolute atomic E-state index is 0.00823. The lowest BCUT2D eigenvalue weighted by Gasteiger charge is -2.45. The van der Waals surface area contributed by atoms with Crippen LogP contribution in [0.15, 0.2) is 12.7 Å². The quantitative estimate of drug-likeness (QED) is 0.299. The molecule has 34 heavy (non-hydrogen) atoms. The van der Waals surface area contributed by atoms with Crippen molar-refractivity contribution in [2.75, 3.05) is 27.2 Å². The van der Waals surface area contributed by atoms with E-state index >= 15 is 0 Å². The zero-order chi connectivity index (χ0) is 26.0. The number of Topliss-reactive ketones (excluding diaryl/α,β-unsaturated/α-hetero) is 1. The van der Waals surface area contributed by atoms with Crippen LogP contribution >= 0.6 is 0 Å². The monoisotopic (exact) mass is 495 g/mol. The molecule has 1 N–H and O–H groups in total. The minimum atomic E-state index is -2.08. The highest BCUT2D eigenvalue weighted by Gasteiger charge is 2.50. The average Bonchev–Trinajstić information content (AvgIpc) is 3.14. The molecule has 1 unspecified atom stereocenters. The largest absolute Gasteiger partial charge is 0.445 e. The Morgan fingerprint density at radius 1 is 1.29 bits per heavy atom. The minimum Gasteiger partial charge on any atom is -0.445 e. The maximum atomic E-state index is 13.2. The van der Waals surface area contributed by atoms with E-state index in [9.17, 15) is 19.2 Å². The third-order valence-electron chi connectivity index (χ3n) is 7.32. The van der Waals surface area contributed by atoms with Crippen molar-refractivity contribution in [2.24, 2.45) is 11.8 Å². The molecule has 2 fully saturated rings. The number of carbonyl (C=O) groups excluding carboxylic acids is 4. The lowest BCUT2D eigenvalue weighted by atomic mass is 9.81. The third kappa shape index (κ3) is 6.07. The first-order valence-corrected chi connectivity index (χ1v) is 14.8. The van der Waals surface area contributed by atoms with Gasteiger partial charge in [0.05, 0.1) is 12.0 Å². The molecule has 0 spiro atoms. The summed E-state index contributed by atoms with van der Waals surface area (Å²) in [6.45, 7) is 16.3. The van der Waals surface area contributed by atoms with Gasteiger partial charge in [-0.1, -0.05) is 33.4 Å². The molecule has 3 amide bonds. The van der Waals surface area contributed by atoms with Crippen LogP contribution in [0, 0.1) is 11.8 Å². The summed E-state index contributed by atoms with van der Waals surface area (Å²) in [6, 6.07) is -1.07. The number of likely N-dealkylation sites (N-methyl/N-ethyl adjacent to an activating group) is 1. The van der Waals surface area contributed by atoms with Gasteiger partial charge >= 0.3 is 6.09 Å². The van der Waals surface area contributed by atoms with Gasteiger partial charge in [0.25, 0.3) is 0 Å². The summed E-state index contributed by atoms with van der Waals surface area (Å²) in [7, 11) is 1.15. The molecular weight excluding hydrogens is 454 g/mol. The zero-order valence-electron chi connectivity index (χ0n) is 21.8. The van der Waals surface area contributed by atoms with Crippen molar-refractivity contribution in [2.45, 2.75) is 76.9 Å². The van der Waals surface area contributed by atoms with Crippen molar-refractivity contribution in [1.29, 1.82) is 0 Å². The molecule has 5 atom stereocenters. The molecule has 10 heteroatoms. The van der Waals surface area contributed by atoms with Gasteiger partial charge in [-0.25, -0.2) is 4.79 Å². The highest BCUT2D eigenvalue weighted by molar-refractivity contribution is 6.74. The fourth-order valence-electron chi connectivity index (χ4n) is 4.29. The molecule has 2 saturated heterocycles. The number of hydrogen-bond donors (Lipinski definition) is 1. The second-order valence-corrected chi connectivity index (χ2v) is 15.8. The Bertz CT molecular complexity index is 822. The zero-order valence-corrected chi connectivity index (χ0v) is 22.8. The van der Waals surface area contributed by atoms with E-state index in [1.165, 1.54) is 15.9 Å². The second-order valence-electron chi connectivity index (χ2n) is 11.1. The van der Waals surface area contributed by atoms with Gasteiger partial charge in [0, 0.05) is 39.0 Å². The van der Waals surface area contributed by atoms with E-state index in [4.69, 9.17) is 9.16 Å². The smallest absolute Gasteiger partial charge is 0.410 e. The first kappa shape index (κ1) is 28.0. The van der Waals surface area contributed by atoms with Crippen LogP contribution in [0.5, 0.6) is 0 Å². The Hall–Kier alpha value is -2.20. The van der Waals surface area contributed by atoms with E-state index in [-0.39, 0.29) is 60.8 Å². The Morgan fingerprint density at radius 3 is 2.41 bits per heavy atom. The van der Waals surface area contributed by atoms with Crippen molar-refractivity contribution in [3.63, 3.8) is 0 Å². The third-order valence-corrected chi connectivity index (χ3v) is 11.9. The molecular formula is C24H41N3O6Si. The molecule has 2 heterocycles. The summed E-state index contributed by atoms with van der Waals surface area (Å²) >= 11 is 0. The first-order chi connectivity index (χ1) is 15.6. The first-order valence-electron chi connectivity index (χ1n) is 11.9. The van der Waals surface area contributed by atoms with Crippen LogP contribution in [-0.2, 0) is 23.5 Å². The Balaban J connectivity index is 2.07. The summed E-state index contributed by atoms with van der Waals surface area (Å²) in [5.74, 6) is -1.33. The lowest BCUT2D eigenvalue weighted by molar-refractivity contribution is -0.141.